The second kappa shape index (κ2) is 7.54. The van der Waals surface area contributed by atoms with Crippen molar-refractivity contribution in [2.24, 2.45) is 0 Å². The van der Waals surface area contributed by atoms with Crippen molar-refractivity contribution in [2.45, 2.75) is 12.6 Å². The van der Waals surface area contributed by atoms with E-state index < -0.39 is 0 Å². The summed E-state index contributed by atoms with van der Waals surface area (Å²) >= 11 is 3.48. The Bertz CT molecular complexity index is 1200. The highest BCUT2D eigenvalue weighted by molar-refractivity contribution is 9.10. The monoisotopic (exact) mass is 461 g/mol. The number of H-pyrrole nitrogens is 1. The summed E-state index contributed by atoms with van der Waals surface area (Å²) in [5, 5.41) is 7.43. The molecule has 0 saturated carbocycles. The van der Waals surface area contributed by atoms with Gasteiger partial charge in [-0.05, 0) is 35.4 Å². The molecule has 5 rings (SSSR count). The summed E-state index contributed by atoms with van der Waals surface area (Å²) in [4.78, 5) is 15.1. The Labute approximate surface area is 181 Å². The Hall–Kier alpha value is -3.25. The molecule has 0 spiro atoms. The second-order valence-corrected chi connectivity index (χ2v) is 8.16. The molecular weight excluding hydrogens is 445 g/mol. The molecule has 6 heteroatoms. The molecule has 1 unspecified atom stereocenters. The quantitative estimate of drug-likeness (QED) is 0.422. The van der Waals surface area contributed by atoms with Crippen LogP contribution in [0.3, 0.4) is 0 Å². The van der Waals surface area contributed by atoms with Crippen molar-refractivity contribution in [3.8, 4) is 11.3 Å². The Morgan fingerprint density at radius 1 is 0.967 bits per heavy atom. The van der Waals surface area contributed by atoms with Crippen molar-refractivity contribution in [3.05, 3.63) is 112 Å². The number of halogens is 2. The average Bonchev–Trinajstić information content (AvgIpc) is 3.31. The van der Waals surface area contributed by atoms with Crippen LogP contribution < -0.4 is 0 Å². The first-order valence-electron chi connectivity index (χ1n) is 9.56. The first-order chi connectivity index (χ1) is 14.6. The zero-order valence-corrected chi connectivity index (χ0v) is 17.4. The van der Waals surface area contributed by atoms with Crippen LogP contribution in [0.5, 0.6) is 0 Å². The fourth-order valence-electron chi connectivity index (χ4n) is 3.95. The van der Waals surface area contributed by atoms with E-state index in [2.05, 4.69) is 26.1 Å². The third-order valence-electron chi connectivity index (χ3n) is 5.36. The van der Waals surface area contributed by atoms with Crippen LogP contribution in [-0.2, 0) is 6.54 Å². The number of amides is 1. The van der Waals surface area contributed by atoms with Crippen molar-refractivity contribution >= 4 is 21.8 Å². The van der Waals surface area contributed by atoms with E-state index in [0.29, 0.717) is 12.2 Å². The first kappa shape index (κ1) is 18.8. The van der Waals surface area contributed by atoms with Crippen molar-refractivity contribution in [3.63, 3.8) is 0 Å². The van der Waals surface area contributed by atoms with Gasteiger partial charge in [-0.15, -0.1) is 0 Å². The molecule has 1 amide bonds. The Morgan fingerprint density at radius 2 is 1.67 bits per heavy atom. The van der Waals surface area contributed by atoms with Gasteiger partial charge in [0.25, 0.3) is 5.91 Å². The highest BCUT2D eigenvalue weighted by Gasteiger charge is 2.42. The van der Waals surface area contributed by atoms with Gasteiger partial charge in [0.2, 0.25) is 0 Å². The van der Waals surface area contributed by atoms with Gasteiger partial charge in [0, 0.05) is 22.1 Å². The summed E-state index contributed by atoms with van der Waals surface area (Å²) in [6.07, 6.45) is 0. The van der Waals surface area contributed by atoms with E-state index in [-0.39, 0.29) is 17.8 Å². The number of hydrogen-bond donors (Lipinski definition) is 1. The van der Waals surface area contributed by atoms with Crippen LogP contribution in [0.2, 0.25) is 0 Å². The Balaban J connectivity index is 1.63. The molecule has 0 radical (unpaired) electrons. The molecule has 4 nitrogen and oxygen atoms in total. The van der Waals surface area contributed by atoms with E-state index in [1.54, 1.807) is 12.1 Å². The highest BCUT2D eigenvalue weighted by atomic mass is 79.9. The molecule has 0 aliphatic carbocycles. The zero-order valence-electron chi connectivity index (χ0n) is 15.8. The van der Waals surface area contributed by atoms with E-state index >= 15 is 0 Å². The summed E-state index contributed by atoms with van der Waals surface area (Å²) in [5.41, 5.74) is 4.96. The molecule has 0 fully saturated rings. The van der Waals surface area contributed by atoms with Gasteiger partial charge in [0.05, 0.1) is 11.7 Å². The molecule has 30 heavy (non-hydrogen) atoms. The topological polar surface area (TPSA) is 49.0 Å². The van der Waals surface area contributed by atoms with E-state index in [1.165, 1.54) is 12.1 Å². The number of aromatic amines is 1. The van der Waals surface area contributed by atoms with Gasteiger partial charge >= 0.3 is 0 Å². The maximum atomic E-state index is 13.4. The fourth-order valence-corrected chi connectivity index (χ4v) is 4.22. The van der Waals surface area contributed by atoms with Crippen molar-refractivity contribution in [2.75, 3.05) is 0 Å². The predicted octanol–water partition coefficient (Wildman–Crippen LogP) is 5.72. The van der Waals surface area contributed by atoms with E-state index in [9.17, 15) is 9.18 Å². The van der Waals surface area contributed by atoms with Crippen LogP contribution in [0.1, 0.15) is 33.2 Å². The minimum Gasteiger partial charge on any atom is -0.322 e. The lowest BCUT2D eigenvalue weighted by Crippen LogP contribution is -2.29. The normalized spacial score (nSPS) is 15.5. The van der Waals surface area contributed by atoms with Gasteiger partial charge in [-0.3, -0.25) is 9.89 Å². The molecule has 4 aromatic rings. The Morgan fingerprint density at radius 3 is 2.37 bits per heavy atom. The first-order valence-corrected chi connectivity index (χ1v) is 10.4. The molecule has 148 valence electrons. The van der Waals surface area contributed by atoms with Crippen LogP contribution in [0, 0.1) is 5.82 Å². The molecule has 1 aromatic heterocycles. The number of hydrogen-bond acceptors (Lipinski definition) is 2. The maximum Gasteiger partial charge on any atom is 0.273 e. The Kier molecular flexibility index (Phi) is 4.71. The van der Waals surface area contributed by atoms with Crippen LogP contribution in [0.15, 0.2) is 83.3 Å². The summed E-state index contributed by atoms with van der Waals surface area (Å²) in [7, 11) is 0. The van der Waals surface area contributed by atoms with Crippen molar-refractivity contribution < 1.29 is 9.18 Å². The van der Waals surface area contributed by atoms with Crippen molar-refractivity contribution in [1.29, 1.82) is 0 Å². The molecule has 0 bridgehead atoms. The predicted molar refractivity (Wildman–Crippen MR) is 116 cm³/mol. The molecule has 1 aliphatic rings. The number of carbonyl (C=O) groups excluding carboxylic acids is 1. The fraction of sp³-hybridized carbons (Fsp3) is 0.0833. The van der Waals surface area contributed by atoms with Crippen LogP contribution in [0.25, 0.3) is 11.3 Å². The lowest BCUT2D eigenvalue weighted by atomic mass is 9.96. The smallest absolute Gasteiger partial charge is 0.273 e. The number of carbonyl (C=O) groups is 1. The molecular formula is C24H17BrFN3O. The average molecular weight is 462 g/mol. The number of rotatable bonds is 4. The van der Waals surface area contributed by atoms with Crippen LogP contribution >= 0.6 is 15.9 Å². The van der Waals surface area contributed by atoms with E-state index in [0.717, 1.165) is 32.4 Å². The van der Waals surface area contributed by atoms with Gasteiger partial charge in [-0.25, -0.2) is 4.39 Å². The molecule has 1 atom stereocenters. The largest absolute Gasteiger partial charge is 0.322 e. The SMILES string of the molecule is O=C1c2[nH]nc(-c3ccccc3)c2C(c2ccc(Br)cc2)N1Cc1ccc(F)cc1. The van der Waals surface area contributed by atoms with E-state index in [1.807, 2.05) is 59.5 Å². The summed E-state index contributed by atoms with van der Waals surface area (Å²) in [6, 6.07) is 23.8. The van der Waals surface area contributed by atoms with Gasteiger partial charge in [0.1, 0.15) is 11.5 Å². The molecule has 1 N–H and O–H groups in total. The third kappa shape index (κ3) is 3.23. The number of nitrogens with one attached hydrogen (secondary N) is 1. The van der Waals surface area contributed by atoms with Crippen molar-refractivity contribution in [1.82, 2.24) is 15.1 Å². The zero-order chi connectivity index (χ0) is 20.7. The highest BCUT2D eigenvalue weighted by Crippen LogP contribution is 2.43. The van der Waals surface area contributed by atoms with Gasteiger partial charge in [-0.2, -0.15) is 5.10 Å². The molecule has 1 aliphatic heterocycles. The lowest BCUT2D eigenvalue weighted by Gasteiger charge is -2.26. The number of nitrogens with zero attached hydrogens (tertiary/aromatic N) is 2. The van der Waals surface area contributed by atoms with Gasteiger partial charge in [0.15, 0.2) is 0 Å². The molecule has 0 saturated heterocycles. The molecule has 2 heterocycles. The standard InChI is InChI=1S/C24H17BrFN3O/c25-18-10-8-17(9-11-18)23-20-21(16-4-2-1-3-5-16)27-28-22(20)24(30)29(23)14-15-6-12-19(26)13-7-15/h1-13,23H,14H2,(H,27,28). The second-order valence-electron chi connectivity index (χ2n) is 7.24. The summed E-state index contributed by atoms with van der Waals surface area (Å²) < 4.78 is 14.3. The maximum absolute atomic E-state index is 13.4. The molecule has 3 aromatic carbocycles. The lowest BCUT2D eigenvalue weighted by molar-refractivity contribution is 0.0730. The third-order valence-corrected chi connectivity index (χ3v) is 5.89. The van der Waals surface area contributed by atoms with Gasteiger partial charge < -0.3 is 4.90 Å². The number of benzene rings is 3. The number of aromatic nitrogens is 2. The van der Waals surface area contributed by atoms with Crippen LogP contribution in [-0.4, -0.2) is 21.0 Å². The summed E-state index contributed by atoms with van der Waals surface area (Å²) in [6.45, 7) is 0.372. The van der Waals surface area contributed by atoms with Gasteiger partial charge in [-0.1, -0.05) is 70.5 Å². The van der Waals surface area contributed by atoms with Crippen LogP contribution in [0.4, 0.5) is 4.39 Å². The minimum absolute atomic E-state index is 0.114. The minimum atomic E-state index is -0.295. The van der Waals surface area contributed by atoms with E-state index in [4.69, 9.17) is 0 Å². The summed E-state index contributed by atoms with van der Waals surface area (Å²) in [5.74, 6) is -0.409. The number of fused-ring (bicyclic) bond motifs is 1.